The van der Waals surface area contributed by atoms with Gasteiger partial charge in [0, 0.05) is 31.0 Å². The predicted molar refractivity (Wildman–Crippen MR) is 108 cm³/mol. The zero-order valence-electron chi connectivity index (χ0n) is 16.6. The number of ether oxygens (including phenoxy) is 2. The molecule has 3 amide bonds. The van der Waals surface area contributed by atoms with Gasteiger partial charge in [0.2, 0.25) is 11.8 Å². The number of carbonyl (C=O) groups excluding carboxylic acids is 2. The highest BCUT2D eigenvalue weighted by Crippen LogP contribution is 2.50. The second-order valence-corrected chi connectivity index (χ2v) is 7.80. The summed E-state index contributed by atoms with van der Waals surface area (Å²) in [4.78, 5) is 29.0. The molecule has 1 aromatic heterocycles. The molecule has 152 valence electrons. The van der Waals surface area contributed by atoms with Gasteiger partial charge >= 0.3 is 6.03 Å². The lowest BCUT2D eigenvalue weighted by molar-refractivity contribution is -0.140. The Balaban J connectivity index is 1.33. The number of fused-ring (bicyclic) bond motifs is 2. The van der Waals surface area contributed by atoms with Crippen molar-refractivity contribution < 1.29 is 19.1 Å². The van der Waals surface area contributed by atoms with Crippen LogP contribution in [-0.2, 0) is 9.53 Å². The molecule has 7 nitrogen and oxygen atoms in total. The van der Waals surface area contributed by atoms with Gasteiger partial charge in [-0.05, 0) is 67.9 Å². The first-order valence-electron chi connectivity index (χ1n) is 9.87. The second kappa shape index (κ2) is 8.21. The molecule has 3 fully saturated rings. The number of amides is 3. The topological polar surface area (TPSA) is 89.5 Å². The Morgan fingerprint density at radius 1 is 1.10 bits per heavy atom. The lowest BCUT2D eigenvalue weighted by atomic mass is 9.58. The summed E-state index contributed by atoms with van der Waals surface area (Å²) in [6.45, 7) is 1.88. The van der Waals surface area contributed by atoms with Gasteiger partial charge in [-0.25, -0.2) is 9.78 Å². The van der Waals surface area contributed by atoms with Crippen LogP contribution in [0.2, 0.25) is 0 Å². The molecule has 0 saturated heterocycles. The molecule has 2 atom stereocenters. The summed E-state index contributed by atoms with van der Waals surface area (Å²) in [7, 11) is 1.69. The number of pyridine rings is 1. The van der Waals surface area contributed by atoms with Crippen LogP contribution in [0.5, 0.6) is 11.6 Å². The Hall–Kier alpha value is -2.93. The summed E-state index contributed by atoms with van der Waals surface area (Å²) in [6, 6.07) is 10.2. The number of anilines is 1. The third kappa shape index (κ3) is 4.24. The van der Waals surface area contributed by atoms with E-state index in [2.05, 4.69) is 15.6 Å². The van der Waals surface area contributed by atoms with Crippen LogP contribution in [0, 0.1) is 24.7 Å². The summed E-state index contributed by atoms with van der Waals surface area (Å²) in [5.74, 6) is 1.70. The molecule has 0 radical (unpaired) electrons. The van der Waals surface area contributed by atoms with Crippen LogP contribution in [-0.4, -0.2) is 30.1 Å². The number of hydrogen-bond acceptors (Lipinski definition) is 5. The third-order valence-electron chi connectivity index (χ3n) is 5.95. The van der Waals surface area contributed by atoms with Crippen molar-refractivity contribution in [3.05, 3.63) is 48.2 Å². The monoisotopic (exact) mass is 395 g/mol. The van der Waals surface area contributed by atoms with Gasteiger partial charge in [-0.2, -0.15) is 0 Å². The number of rotatable bonds is 5. The molecule has 2 bridgehead atoms. The van der Waals surface area contributed by atoms with Gasteiger partial charge in [0.25, 0.3) is 0 Å². The van der Waals surface area contributed by atoms with Crippen molar-refractivity contribution in [2.75, 3.05) is 12.4 Å². The maximum Gasteiger partial charge on any atom is 0.325 e. The molecule has 1 heterocycles. The lowest BCUT2D eigenvalue weighted by Crippen LogP contribution is -2.52. The molecular weight excluding hydrogens is 370 g/mol. The molecule has 29 heavy (non-hydrogen) atoms. The van der Waals surface area contributed by atoms with Gasteiger partial charge < -0.3 is 14.8 Å². The number of carbonyl (C=O) groups is 2. The lowest BCUT2D eigenvalue weighted by Gasteiger charge is -2.49. The van der Waals surface area contributed by atoms with E-state index in [-0.39, 0.29) is 17.9 Å². The van der Waals surface area contributed by atoms with Gasteiger partial charge in [0.05, 0.1) is 6.10 Å². The number of urea groups is 1. The minimum Gasteiger partial charge on any atom is -0.439 e. The summed E-state index contributed by atoms with van der Waals surface area (Å²) in [6.07, 6.45) is 4.48. The van der Waals surface area contributed by atoms with Crippen LogP contribution in [0.25, 0.3) is 0 Å². The number of methoxy groups -OCH3 is 1. The minimum absolute atomic E-state index is 0.119. The van der Waals surface area contributed by atoms with Crippen molar-refractivity contribution in [1.29, 1.82) is 0 Å². The summed E-state index contributed by atoms with van der Waals surface area (Å²) >= 11 is 0. The van der Waals surface area contributed by atoms with Crippen LogP contribution < -0.4 is 15.4 Å². The van der Waals surface area contributed by atoms with E-state index in [1.807, 2.05) is 19.1 Å². The van der Waals surface area contributed by atoms with E-state index in [1.54, 1.807) is 37.6 Å². The van der Waals surface area contributed by atoms with Gasteiger partial charge in [-0.15, -0.1) is 0 Å². The molecule has 3 saturated carbocycles. The summed E-state index contributed by atoms with van der Waals surface area (Å²) in [5, 5.41) is 5.21. The van der Waals surface area contributed by atoms with Gasteiger partial charge in [0.15, 0.2) is 0 Å². The van der Waals surface area contributed by atoms with E-state index in [1.165, 1.54) is 0 Å². The zero-order valence-corrected chi connectivity index (χ0v) is 16.6. The van der Waals surface area contributed by atoms with Gasteiger partial charge in [-0.3, -0.25) is 10.1 Å². The molecule has 2 aromatic rings. The third-order valence-corrected chi connectivity index (χ3v) is 5.95. The van der Waals surface area contributed by atoms with Crippen molar-refractivity contribution in [1.82, 2.24) is 10.3 Å². The maximum atomic E-state index is 12.6. The highest BCUT2D eigenvalue weighted by atomic mass is 16.5. The first kappa shape index (κ1) is 19.4. The van der Waals surface area contributed by atoms with Crippen LogP contribution in [0.1, 0.15) is 24.8 Å². The SMILES string of the molecule is CO[C@@H]1CC(C(=O)NC(=O)Nc2ccc(Oc3ccccn3)c(C)c2)C2CC1C2. The Kier molecular flexibility index (Phi) is 5.49. The fraction of sp³-hybridized carbons (Fsp3) is 0.409. The zero-order chi connectivity index (χ0) is 20.4. The number of aromatic nitrogens is 1. The standard InChI is InChI=1S/C22H25N3O4/c1-13-9-16(6-7-18(13)29-20-5-3-4-8-23-20)24-22(27)25-21(26)17-12-19(28-2)15-10-14(17)11-15/h3-9,14-15,17,19H,10-12H2,1-2H3,(H2,24,25,26,27)/t14?,15?,17?,19-/m1/s1. The second-order valence-electron chi connectivity index (χ2n) is 7.80. The smallest absolute Gasteiger partial charge is 0.325 e. The first-order chi connectivity index (χ1) is 14.0. The first-order valence-corrected chi connectivity index (χ1v) is 9.87. The number of imide groups is 1. The normalized spacial score (nSPS) is 24.9. The average molecular weight is 395 g/mol. The van der Waals surface area contributed by atoms with Crippen LogP contribution in [0.3, 0.4) is 0 Å². The highest BCUT2D eigenvalue weighted by Gasteiger charge is 2.48. The fourth-order valence-corrected chi connectivity index (χ4v) is 4.31. The van der Waals surface area contributed by atoms with E-state index >= 15 is 0 Å². The van der Waals surface area contributed by atoms with Crippen LogP contribution >= 0.6 is 0 Å². The molecule has 0 aliphatic heterocycles. The molecule has 0 spiro atoms. The number of nitrogens with zero attached hydrogens (tertiary/aromatic N) is 1. The van der Waals surface area contributed by atoms with E-state index in [0.29, 0.717) is 35.6 Å². The van der Waals surface area contributed by atoms with Crippen LogP contribution in [0.15, 0.2) is 42.6 Å². The van der Waals surface area contributed by atoms with Crippen molar-refractivity contribution in [2.24, 2.45) is 17.8 Å². The minimum atomic E-state index is -0.525. The molecule has 3 aliphatic rings. The molecule has 7 heteroatoms. The van der Waals surface area contributed by atoms with Crippen molar-refractivity contribution in [3.63, 3.8) is 0 Å². The Morgan fingerprint density at radius 3 is 2.62 bits per heavy atom. The summed E-state index contributed by atoms with van der Waals surface area (Å²) in [5.41, 5.74) is 1.43. The molecule has 5 rings (SSSR count). The van der Waals surface area contributed by atoms with E-state index in [4.69, 9.17) is 9.47 Å². The Labute approximate surface area is 169 Å². The number of hydrogen-bond donors (Lipinski definition) is 2. The van der Waals surface area contributed by atoms with E-state index in [9.17, 15) is 9.59 Å². The van der Waals surface area contributed by atoms with E-state index < -0.39 is 6.03 Å². The van der Waals surface area contributed by atoms with Gasteiger partial charge in [0.1, 0.15) is 5.75 Å². The largest absolute Gasteiger partial charge is 0.439 e. The number of nitrogens with one attached hydrogen (secondary N) is 2. The Morgan fingerprint density at radius 2 is 1.93 bits per heavy atom. The molecule has 1 aromatic carbocycles. The average Bonchev–Trinajstić information content (AvgIpc) is 2.69. The Bertz CT molecular complexity index is 896. The van der Waals surface area contributed by atoms with E-state index in [0.717, 1.165) is 18.4 Å². The maximum absolute atomic E-state index is 12.6. The molecule has 2 N–H and O–H groups in total. The van der Waals surface area contributed by atoms with Gasteiger partial charge in [-0.1, -0.05) is 6.07 Å². The number of benzene rings is 1. The molecular formula is C22H25N3O4. The van der Waals surface area contributed by atoms with Crippen molar-refractivity contribution in [3.8, 4) is 11.6 Å². The van der Waals surface area contributed by atoms with Crippen molar-refractivity contribution in [2.45, 2.75) is 32.3 Å². The quantitative estimate of drug-likeness (QED) is 0.802. The predicted octanol–water partition coefficient (Wildman–Crippen LogP) is 3.89. The molecule has 3 aliphatic carbocycles. The fourth-order valence-electron chi connectivity index (χ4n) is 4.31. The highest BCUT2D eigenvalue weighted by molar-refractivity contribution is 6.02. The summed E-state index contributed by atoms with van der Waals surface area (Å²) < 4.78 is 11.2. The van der Waals surface area contributed by atoms with Crippen molar-refractivity contribution >= 4 is 17.6 Å². The molecule has 1 unspecified atom stereocenters. The van der Waals surface area contributed by atoms with Crippen LogP contribution in [0.4, 0.5) is 10.5 Å². The number of aryl methyl sites for hydroxylation is 1.